The summed E-state index contributed by atoms with van der Waals surface area (Å²) >= 11 is 0. The third-order valence-electron chi connectivity index (χ3n) is 6.20. The summed E-state index contributed by atoms with van der Waals surface area (Å²) in [6.45, 7) is 0. The van der Waals surface area contributed by atoms with Crippen LogP contribution in [0.25, 0.3) is 0 Å². The summed E-state index contributed by atoms with van der Waals surface area (Å²) in [6.07, 6.45) is 6.51. The van der Waals surface area contributed by atoms with Gasteiger partial charge in [0.1, 0.15) is 0 Å². The maximum Gasteiger partial charge on any atom is 0.205 e. The van der Waals surface area contributed by atoms with Gasteiger partial charge in [-0.25, -0.2) is 4.39 Å². The fourth-order valence-corrected chi connectivity index (χ4v) is 5.73. The minimum Gasteiger partial charge on any atom is -0.545 e. The van der Waals surface area contributed by atoms with E-state index in [2.05, 4.69) is 0 Å². The summed E-state index contributed by atoms with van der Waals surface area (Å²) in [5.74, 6) is 0.167. The molecule has 24 heavy (non-hydrogen) atoms. The molecule has 4 aliphatic carbocycles. The molecule has 4 nitrogen and oxygen atoms in total. The van der Waals surface area contributed by atoms with Gasteiger partial charge in [-0.15, -0.1) is 0 Å². The zero-order valence-corrected chi connectivity index (χ0v) is 13.8. The largest absolute Gasteiger partial charge is 0.545 e. The van der Waals surface area contributed by atoms with Gasteiger partial charge in [-0.2, -0.15) is 0 Å². The van der Waals surface area contributed by atoms with Gasteiger partial charge in [-0.1, -0.05) is 0 Å². The highest BCUT2D eigenvalue weighted by molar-refractivity contribution is 5.86. The number of carboxylic acid groups (broad SMARTS) is 1. The van der Waals surface area contributed by atoms with Gasteiger partial charge in [0.05, 0.1) is 5.97 Å². The number of methoxy groups -OCH3 is 1. The molecule has 0 heterocycles. The summed E-state index contributed by atoms with van der Waals surface area (Å²) < 4.78 is 25.6. The van der Waals surface area contributed by atoms with Crippen molar-refractivity contribution in [2.45, 2.75) is 44.8 Å². The minimum atomic E-state index is -1.34. The molecule has 1 unspecified atom stereocenters. The molecule has 0 aromatic heterocycles. The molecule has 1 atom stereocenters. The second-order valence-corrected chi connectivity index (χ2v) is 7.90. The highest BCUT2D eigenvalue weighted by Gasteiger charge is 2.55. The van der Waals surface area contributed by atoms with Gasteiger partial charge in [0.15, 0.2) is 11.6 Å². The van der Waals surface area contributed by atoms with E-state index >= 15 is 0 Å². The van der Waals surface area contributed by atoms with E-state index in [1.807, 2.05) is 0 Å². The molecular formula is C19H22FO4-. The summed E-state index contributed by atoms with van der Waals surface area (Å²) in [5.41, 5.74) is -0.167. The van der Waals surface area contributed by atoms with Crippen molar-refractivity contribution < 1.29 is 23.8 Å². The highest BCUT2D eigenvalue weighted by Crippen LogP contribution is 2.61. The van der Waals surface area contributed by atoms with Crippen LogP contribution in [0, 0.1) is 29.0 Å². The van der Waals surface area contributed by atoms with Crippen LogP contribution in [0.5, 0.6) is 5.75 Å². The molecule has 4 bridgehead atoms. The summed E-state index contributed by atoms with van der Waals surface area (Å²) in [4.78, 5) is 11.0. The Morgan fingerprint density at radius 1 is 1.21 bits per heavy atom. The number of halogens is 1. The monoisotopic (exact) mass is 333 g/mol. The van der Waals surface area contributed by atoms with E-state index in [9.17, 15) is 14.3 Å². The van der Waals surface area contributed by atoms with Gasteiger partial charge in [0.25, 0.3) is 0 Å². The second-order valence-electron chi connectivity index (χ2n) is 7.90. The lowest BCUT2D eigenvalue weighted by atomic mass is 9.49. The van der Waals surface area contributed by atoms with E-state index in [4.69, 9.17) is 9.47 Å². The first-order valence-corrected chi connectivity index (χ1v) is 8.69. The van der Waals surface area contributed by atoms with Crippen LogP contribution in [0.15, 0.2) is 18.2 Å². The van der Waals surface area contributed by atoms with Crippen LogP contribution in [0.4, 0.5) is 4.39 Å². The number of hydrogen-bond acceptors (Lipinski definition) is 4. The first-order chi connectivity index (χ1) is 11.5. The predicted molar refractivity (Wildman–Crippen MR) is 82.8 cm³/mol. The lowest BCUT2D eigenvalue weighted by Gasteiger charge is -2.58. The number of carbonyl (C=O) groups is 1. The third kappa shape index (κ3) is 2.59. The number of benzene rings is 1. The predicted octanol–water partition coefficient (Wildman–Crippen LogP) is 2.76. The Labute approximate surface area is 141 Å². The smallest absolute Gasteiger partial charge is 0.205 e. The first-order valence-electron chi connectivity index (χ1n) is 8.69. The Kier molecular flexibility index (Phi) is 3.79. The molecule has 4 fully saturated rings. The molecule has 5 rings (SSSR count). The number of hydrogen-bond donors (Lipinski definition) is 0. The van der Waals surface area contributed by atoms with Crippen molar-refractivity contribution in [3.8, 4) is 5.75 Å². The Hall–Kier alpha value is -1.62. The Morgan fingerprint density at radius 3 is 2.29 bits per heavy atom. The molecule has 5 heteroatoms. The van der Waals surface area contributed by atoms with E-state index in [1.54, 1.807) is 7.11 Å². The number of rotatable bonds is 5. The lowest BCUT2D eigenvalue weighted by Crippen LogP contribution is -2.54. The molecule has 0 radical (unpaired) electrons. The van der Waals surface area contributed by atoms with Crippen molar-refractivity contribution in [1.82, 2.24) is 0 Å². The maximum absolute atomic E-state index is 14.1. The zero-order valence-electron chi connectivity index (χ0n) is 13.8. The van der Waals surface area contributed by atoms with E-state index in [0.717, 1.165) is 43.1 Å². The molecule has 0 saturated heterocycles. The van der Waals surface area contributed by atoms with E-state index in [-0.39, 0.29) is 16.7 Å². The van der Waals surface area contributed by atoms with Crippen molar-refractivity contribution in [3.05, 3.63) is 29.6 Å². The second kappa shape index (κ2) is 5.73. The average Bonchev–Trinajstić information content (AvgIpc) is 2.52. The topological polar surface area (TPSA) is 58.6 Å². The third-order valence-corrected chi connectivity index (χ3v) is 6.20. The quantitative estimate of drug-likeness (QED) is 0.778. The number of carboxylic acids is 1. The van der Waals surface area contributed by atoms with Crippen molar-refractivity contribution in [2.24, 2.45) is 23.2 Å². The normalized spacial score (nSPS) is 35.0. The van der Waals surface area contributed by atoms with Gasteiger partial charge in [0.2, 0.25) is 6.29 Å². The van der Waals surface area contributed by atoms with Gasteiger partial charge in [-0.05, 0) is 74.5 Å². The molecule has 4 aliphatic rings. The number of ether oxygens (including phenoxy) is 2. The van der Waals surface area contributed by atoms with Crippen molar-refractivity contribution in [1.29, 1.82) is 0 Å². The Morgan fingerprint density at radius 2 is 1.79 bits per heavy atom. The molecule has 1 aromatic rings. The Balaban J connectivity index is 1.61. The van der Waals surface area contributed by atoms with Crippen LogP contribution in [-0.2, 0) is 4.74 Å². The summed E-state index contributed by atoms with van der Waals surface area (Å²) in [7, 11) is 1.59. The molecule has 0 N–H and O–H groups in total. The van der Waals surface area contributed by atoms with Crippen LogP contribution >= 0.6 is 0 Å². The average molecular weight is 333 g/mol. The first kappa shape index (κ1) is 15.9. The summed E-state index contributed by atoms with van der Waals surface area (Å²) in [5, 5.41) is 11.0. The van der Waals surface area contributed by atoms with Crippen molar-refractivity contribution >= 4 is 5.97 Å². The molecule has 130 valence electrons. The van der Waals surface area contributed by atoms with Gasteiger partial charge in [-0.3, -0.25) is 0 Å². The molecule has 0 spiro atoms. The number of aromatic carboxylic acids is 1. The van der Waals surface area contributed by atoms with Crippen molar-refractivity contribution in [2.75, 3.05) is 7.11 Å². The van der Waals surface area contributed by atoms with Crippen LogP contribution in [0.1, 0.15) is 48.9 Å². The van der Waals surface area contributed by atoms with Gasteiger partial charge < -0.3 is 19.4 Å². The molecular weight excluding hydrogens is 311 g/mol. The fourth-order valence-electron chi connectivity index (χ4n) is 5.73. The Bertz CT molecular complexity index is 621. The van der Waals surface area contributed by atoms with Crippen LogP contribution in [0.3, 0.4) is 0 Å². The van der Waals surface area contributed by atoms with Crippen LogP contribution in [0.2, 0.25) is 0 Å². The zero-order chi connectivity index (χ0) is 16.9. The molecule has 0 amide bonds. The van der Waals surface area contributed by atoms with Crippen molar-refractivity contribution in [3.63, 3.8) is 0 Å². The van der Waals surface area contributed by atoms with Gasteiger partial charge in [0, 0.05) is 18.1 Å². The lowest BCUT2D eigenvalue weighted by molar-refractivity contribution is -0.255. The van der Waals surface area contributed by atoms with Gasteiger partial charge >= 0.3 is 0 Å². The fraction of sp³-hybridized carbons (Fsp3) is 0.632. The standard InChI is InChI=1S/C19H23FO4/c1-23-18(24-16-7-14(17(21)22)2-3-15(16)20)19-8-11-4-12(9-19)6-13(5-11)10-19/h2-3,7,11-13,18H,4-6,8-10H2,1H3,(H,21,22)/p-1. The SMILES string of the molecule is COC(Oc1cc(C(=O)[O-])ccc1F)C12CC3CC(CC(C3)C1)C2. The minimum absolute atomic E-state index is 0.0701. The summed E-state index contributed by atoms with van der Waals surface area (Å²) in [6, 6.07) is 3.48. The molecule has 0 aliphatic heterocycles. The van der Waals surface area contributed by atoms with E-state index in [0.29, 0.717) is 0 Å². The van der Waals surface area contributed by atoms with E-state index < -0.39 is 18.1 Å². The molecule has 4 saturated carbocycles. The highest BCUT2D eigenvalue weighted by atomic mass is 19.1. The van der Waals surface area contributed by atoms with Crippen LogP contribution < -0.4 is 9.84 Å². The molecule has 1 aromatic carbocycles. The number of carbonyl (C=O) groups excluding carboxylic acids is 1. The van der Waals surface area contributed by atoms with Crippen LogP contribution in [-0.4, -0.2) is 19.4 Å². The maximum atomic E-state index is 14.1. The van der Waals surface area contributed by atoms with E-state index in [1.165, 1.54) is 31.4 Å².